The molecule has 16 heavy (non-hydrogen) atoms. The van der Waals surface area contributed by atoms with E-state index in [4.69, 9.17) is 0 Å². The van der Waals surface area contributed by atoms with Crippen molar-refractivity contribution in [3.05, 3.63) is 34.3 Å². The Bertz CT molecular complexity index is 352. The monoisotopic (exact) mass is 283 g/mol. The van der Waals surface area contributed by atoms with Crippen LogP contribution < -0.4 is 5.32 Å². The summed E-state index contributed by atoms with van der Waals surface area (Å²) in [4.78, 5) is 0. The molecule has 2 nitrogen and oxygen atoms in total. The summed E-state index contributed by atoms with van der Waals surface area (Å²) in [6.07, 6.45) is 2.25. The minimum atomic E-state index is -0.418. The first-order valence-electron chi connectivity index (χ1n) is 5.83. The molecule has 1 aliphatic rings. The van der Waals surface area contributed by atoms with Crippen molar-refractivity contribution in [2.75, 3.05) is 6.54 Å². The summed E-state index contributed by atoms with van der Waals surface area (Å²) < 4.78 is 1.01. The van der Waals surface area contributed by atoms with Crippen molar-refractivity contribution < 1.29 is 5.11 Å². The zero-order valence-corrected chi connectivity index (χ0v) is 11.1. The average Bonchev–Trinajstić information content (AvgIpc) is 3.09. The molecule has 0 saturated heterocycles. The normalized spacial score (nSPS) is 19.4. The number of benzene rings is 1. The highest BCUT2D eigenvalue weighted by molar-refractivity contribution is 9.10. The van der Waals surface area contributed by atoms with Gasteiger partial charge in [0.1, 0.15) is 0 Å². The second-order valence-corrected chi connectivity index (χ2v) is 5.52. The number of nitrogens with one attached hydrogen (secondary N) is 1. The highest BCUT2D eigenvalue weighted by atomic mass is 79.9. The maximum atomic E-state index is 10.0. The van der Waals surface area contributed by atoms with E-state index in [9.17, 15) is 5.11 Å². The van der Waals surface area contributed by atoms with Crippen molar-refractivity contribution in [3.8, 4) is 0 Å². The van der Waals surface area contributed by atoms with Gasteiger partial charge in [-0.2, -0.15) is 0 Å². The van der Waals surface area contributed by atoms with Gasteiger partial charge in [-0.3, -0.25) is 0 Å². The molecule has 0 amide bonds. The quantitative estimate of drug-likeness (QED) is 0.871. The van der Waals surface area contributed by atoms with Crippen LogP contribution in [-0.4, -0.2) is 17.7 Å². The van der Waals surface area contributed by atoms with Crippen LogP contribution in [0.1, 0.15) is 31.4 Å². The van der Waals surface area contributed by atoms with Crippen LogP contribution in [0.3, 0.4) is 0 Å². The molecule has 1 aromatic carbocycles. The summed E-state index contributed by atoms with van der Waals surface area (Å²) in [7, 11) is 0. The molecule has 2 unspecified atom stereocenters. The largest absolute Gasteiger partial charge is 0.387 e. The van der Waals surface area contributed by atoms with Crippen molar-refractivity contribution in [2.24, 2.45) is 5.92 Å². The molecule has 2 rings (SSSR count). The van der Waals surface area contributed by atoms with Crippen LogP contribution in [0.2, 0.25) is 0 Å². The number of aliphatic hydroxyl groups is 1. The zero-order chi connectivity index (χ0) is 11.5. The van der Waals surface area contributed by atoms with Gasteiger partial charge in [0.15, 0.2) is 0 Å². The summed E-state index contributed by atoms with van der Waals surface area (Å²) in [5.74, 6) is 0.828. The first-order valence-corrected chi connectivity index (χ1v) is 6.63. The first kappa shape index (κ1) is 12.1. The van der Waals surface area contributed by atoms with E-state index >= 15 is 0 Å². The van der Waals surface area contributed by atoms with Gasteiger partial charge in [-0.05, 0) is 43.4 Å². The second-order valence-electron chi connectivity index (χ2n) is 4.61. The summed E-state index contributed by atoms with van der Waals surface area (Å²) in [6, 6.07) is 8.37. The SMILES string of the molecule is CC(NCC(O)c1cccc(Br)c1)C1CC1. The Hall–Kier alpha value is -0.380. The van der Waals surface area contributed by atoms with Gasteiger partial charge in [-0.25, -0.2) is 0 Å². The van der Waals surface area contributed by atoms with E-state index in [0.29, 0.717) is 12.6 Å². The van der Waals surface area contributed by atoms with Gasteiger partial charge in [0.25, 0.3) is 0 Å². The van der Waals surface area contributed by atoms with Gasteiger partial charge in [0, 0.05) is 17.1 Å². The lowest BCUT2D eigenvalue weighted by atomic mass is 10.1. The summed E-state index contributed by atoms with van der Waals surface area (Å²) in [5, 5.41) is 13.4. The maximum absolute atomic E-state index is 10.0. The Kier molecular flexibility index (Phi) is 4.00. The van der Waals surface area contributed by atoms with Gasteiger partial charge in [0.2, 0.25) is 0 Å². The van der Waals surface area contributed by atoms with Crippen molar-refractivity contribution >= 4 is 15.9 Å². The molecule has 1 aliphatic carbocycles. The van der Waals surface area contributed by atoms with Gasteiger partial charge in [-0.15, -0.1) is 0 Å². The Morgan fingerprint density at radius 3 is 2.88 bits per heavy atom. The highest BCUT2D eigenvalue weighted by Crippen LogP contribution is 2.32. The number of rotatable bonds is 5. The lowest BCUT2D eigenvalue weighted by Crippen LogP contribution is -2.31. The van der Waals surface area contributed by atoms with Gasteiger partial charge >= 0.3 is 0 Å². The van der Waals surface area contributed by atoms with E-state index in [1.807, 2.05) is 24.3 Å². The molecule has 1 saturated carbocycles. The molecular formula is C13H18BrNO. The van der Waals surface area contributed by atoms with Crippen LogP contribution in [0.15, 0.2) is 28.7 Å². The van der Waals surface area contributed by atoms with Gasteiger partial charge < -0.3 is 10.4 Å². The van der Waals surface area contributed by atoms with Crippen molar-refractivity contribution in [1.82, 2.24) is 5.32 Å². The molecular weight excluding hydrogens is 266 g/mol. The summed E-state index contributed by atoms with van der Waals surface area (Å²) >= 11 is 3.41. The topological polar surface area (TPSA) is 32.3 Å². The molecule has 0 aliphatic heterocycles. The van der Waals surface area contributed by atoms with Crippen LogP contribution in [0.5, 0.6) is 0 Å². The molecule has 0 radical (unpaired) electrons. The van der Waals surface area contributed by atoms with E-state index in [2.05, 4.69) is 28.2 Å². The average molecular weight is 284 g/mol. The molecule has 3 heteroatoms. The van der Waals surface area contributed by atoms with E-state index in [-0.39, 0.29) is 0 Å². The van der Waals surface area contributed by atoms with Crippen molar-refractivity contribution in [2.45, 2.75) is 31.9 Å². The third kappa shape index (κ3) is 3.30. The fourth-order valence-electron chi connectivity index (χ4n) is 1.89. The maximum Gasteiger partial charge on any atom is 0.0914 e. The number of halogens is 1. The fraction of sp³-hybridized carbons (Fsp3) is 0.538. The standard InChI is InChI=1S/C13H18BrNO/c1-9(10-5-6-10)15-8-13(16)11-3-2-4-12(14)7-11/h2-4,7,9-10,13,15-16H,5-6,8H2,1H3. The molecule has 1 aromatic rings. The number of hydrogen-bond donors (Lipinski definition) is 2. The number of aliphatic hydroxyl groups excluding tert-OH is 1. The molecule has 0 heterocycles. The van der Waals surface area contributed by atoms with Gasteiger partial charge in [-0.1, -0.05) is 28.1 Å². The Balaban J connectivity index is 1.84. The third-order valence-electron chi connectivity index (χ3n) is 3.20. The predicted octanol–water partition coefficient (Wildman–Crippen LogP) is 2.87. The predicted molar refractivity (Wildman–Crippen MR) is 69.3 cm³/mol. The molecule has 2 N–H and O–H groups in total. The smallest absolute Gasteiger partial charge is 0.0914 e. The highest BCUT2D eigenvalue weighted by Gasteiger charge is 2.27. The van der Waals surface area contributed by atoms with E-state index < -0.39 is 6.10 Å². The Morgan fingerprint density at radius 2 is 2.25 bits per heavy atom. The summed E-state index contributed by atoms with van der Waals surface area (Å²) in [5.41, 5.74) is 0.963. The van der Waals surface area contributed by atoms with Crippen LogP contribution in [0, 0.1) is 5.92 Å². The van der Waals surface area contributed by atoms with Crippen LogP contribution in [-0.2, 0) is 0 Å². The van der Waals surface area contributed by atoms with Crippen LogP contribution in [0.4, 0.5) is 0 Å². The number of hydrogen-bond acceptors (Lipinski definition) is 2. The summed E-state index contributed by atoms with van der Waals surface area (Å²) in [6.45, 7) is 2.83. The minimum Gasteiger partial charge on any atom is -0.387 e. The van der Waals surface area contributed by atoms with E-state index in [1.165, 1.54) is 12.8 Å². The minimum absolute atomic E-state index is 0.418. The van der Waals surface area contributed by atoms with Crippen LogP contribution >= 0.6 is 15.9 Å². The van der Waals surface area contributed by atoms with Crippen molar-refractivity contribution in [3.63, 3.8) is 0 Å². The van der Waals surface area contributed by atoms with E-state index in [1.54, 1.807) is 0 Å². The molecule has 0 aromatic heterocycles. The van der Waals surface area contributed by atoms with E-state index in [0.717, 1.165) is 16.0 Å². The Labute approximate surface area is 105 Å². The molecule has 0 bridgehead atoms. The van der Waals surface area contributed by atoms with Crippen molar-refractivity contribution in [1.29, 1.82) is 0 Å². The van der Waals surface area contributed by atoms with Gasteiger partial charge in [0.05, 0.1) is 6.10 Å². The lowest BCUT2D eigenvalue weighted by molar-refractivity contribution is 0.169. The lowest BCUT2D eigenvalue weighted by Gasteiger charge is -2.17. The third-order valence-corrected chi connectivity index (χ3v) is 3.69. The molecule has 1 fully saturated rings. The molecule has 88 valence electrons. The molecule has 0 spiro atoms. The first-order chi connectivity index (χ1) is 7.66. The molecule has 2 atom stereocenters. The van der Waals surface area contributed by atoms with Crippen LogP contribution in [0.25, 0.3) is 0 Å². The second kappa shape index (κ2) is 5.30. The fourth-order valence-corrected chi connectivity index (χ4v) is 2.31. The Morgan fingerprint density at radius 1 is 1.50 bits per heavy atom. The zero-order valence-electron chi connectivity index (χ0n) is 9.49.